The van der Waals surface area contributed by atoms with E-state index in [1.54, 1.807) is 6.07 Å². The van der Waals surface area contributed by atoms with Crippen molar-refractivity contribution in [1.82, 2.24) is 5.32 Å². The predicted molar refractivity (Wildman–Crippen MR) is 57.2 cm³/mol. The number of imide groups is 1. The van der Waals surface area contributed by atoms with Crippen molar-refractivity contribution in [2.24, 2.45) is 5.73 Å². The zero-order chi connectivity index (χ0) is 12.1. The van der Waals surface area contributed by atoms with Crippen LogP contribution in [0.2, 0.25) is 0 Å². The number of halogens is 1. The Balaban J connectivity index is 2.60. The summed E-state index contributed by atoms with van der Waals surface area (Å²) in [6, 6.07) is 4.05. The molecule has 0 radical (unpaired) electrons. The number of nitrogens with one attached hydrogen (secondary N) is 2. The lowest BCUT2D eigenvalue weighted by molar-refractivity contribution is -0.120. The average molecular weight is 225 g/mol. The van der Waals surface area contributed by atoms with Crippen LogP contribution < -0.4 is 16.4 Å². The summed E-state index contributed by atoms with van der Waals surface area (Å²) in [5, 5.41) is 4.65. The van der Waals surface area contributed by atoms with Crippen molar-refractivity contribution in [3.8, 4) is 0 Å². The largest absolute Gasteiger partial charge is 0.374 e. The highest BCUT2D eigenvalue weighted by Crippen LogP contribution is 2.10. The topological polar surface area (TPSA) is 84.2 Å². The average Bonchev–Trinajstić information content (AvgIpc) is 2.16. The third-order valence-corrected chi connectivity index (χ3v) is 1.85. The van der Waals surface area contributed by atoms with E-state index in [1.165, 1.54) is 25.1 Å². The molecular formula is C10H12FN3O2. The second-order valence-corrected chi connectivity index (χ2v) is 3.23. The first-order valence-corrected chi connectivity index (χ1v) is 4.61. The summed E-state index contributed by atoms with van der Waals surface area (Å²) in [5.41, 5.74) is 5.24. The van der Waals surface area contributed by atoms with E-state index in [0.29, 0.717) is 5.69 Å². The maximum atomic E-state index is 12.8. The maximum Gasteiger partial charge on any atom is 0.318 e. The van der Waals surface area contributed by atoms with Gasteiger partial charge in [-0.3, -0.25) is 10.1 Å². The van der Waals surface area contributed by atoms with Gasteiger partial charge in [0.05, 0.1) is 0 Å². The fourth-order valence-electron chi connectivity index (χ4n) is 1.12. The number of carbonyl (C=O) groups excluding carboxylic acids is 2. The van der Waals surface area contributed by atoms with E-state index >= 15 is 0 Å². The first-order chi connectivity index (χ1) is 7.49. The minimum absolute atomic E-state index is 0.410. The summed E-state index contributed by atoms with van der Waals surface area (Å²) in [7, 11) is 0. The molecule has 1 rings (SSSR count). The van der Waals surface area contributed by atoms with Gasteiger partial charge in [0.1, 0.15) is 11.9 Å². The van der Waals surface area contributed by atoms with Crippen molar-refractivity contribution >= 4 is 17.6 Å². The number of carbonyl (C=O) groups is 2. The van der Waals surface area contributed by atoms with Gasteiger partial charge >= 0.3 is 6.03 Å². The maximum absolute atomic E-state index is 12.8. The van der Waals surface area contributed by atoms with Crippen molar-refractivity contribution in [3.63, 3.8) is 0 Å². The van der Waals surface area contributed by atoms with Gasteiger partial charge in [0.2, 0.25) is 5.91 Å². The molecule has 1 aromatic carbocycles. The van der Waals surface area contributed by atoms with Crippen LogP contribution in [0.1, 0.15) is 6.92 Å². The molecule has 5 nitrogen and oxygen atoms in total. The van der Waals surface area contributed by atoms with Gasteiger partial charge in [-0.1, -0.05) is 6.07 Å². The quantitative estimate of drug-likeness (QED) is 0.712. The summed E-state index contributed by atoms with van der Waals surface area (Å²) in [6.07, 6.45) is 0. The number of rotatable bonds is 3. The van der Waals surface area contributed by atoms with Crippen molar-refractivity contribution in [2.75, 3.05) is 5.32 Å². The van der Waals surface area contributed by atoms with Gasteiger partial charge in [-0.15, -0.1) is 0 Å². The Morgan fingerprint density at radius 1 is 1.44 bits per heavy atom. The first-order valence-electron chi connectivity index (χ1n) is 4.61. The van der Waals surface area contributed by atoms with Crippen LogP contribution in [-0.4, -0.2) is 18.0 Å². The van der Waals surface area contributed by atoms with E-state index in [0.717, 1.165) is 0 Å². The molecule has 6 heteroatoms. The Hall–Kier alpha value is -2.11. The summed E-state index contributed by atoms with van der Waals surface area (Å²) >= 11 is 0. The van der Waals surface area contributed by atoms with E-state index < -0.39 is 23.8 Å². The fourth-order valence-corrected chi connectivity index (χ4v) is 1.12. The molecule has 0 aliphatic carbocycles. The van der Waals surface area contributed by atoms with Gasteiger partial charge in [-0.2, -0.15) is 0 Å². The smallest absolute Gasteiger partial charge is 0.318 e. The lowest BCUT2D eigenvalue weighted by Crippen LogP contribution is -2.43. The number of hydrogen-bond donors (Lipinski definition) is 3. The number of anilines is 1. The van der Waals surface area contributed by atoms with Crippen LogP contribution in [0.5, 0.6) is 0 Å². The normalized spacial score (nSPS) is 11.6. The third-order valence-electron chi connectivity index (χ3n) is 1.85. The minimum atomic E-state index is -0.919. The summed E-state index contributed by atoms with van der Waals surface area (Å²) in [4.78, 5) is 21.7. The molecule has 0 bridgehead atoms. The molecule has 0 aromatic heterocycles. The van der Waals surface area contributed by atoms with Gasteiger partial charge in [-0.25, -0.2) is 9.18 Å². The standard InChI is InChI=1S/C10H12FN3O2/c1-6(9(15)14-10(12)16)13-8-4-2-3-7(11)5-8/h2-6,13H,1H3,(H3,12,14,15,16). The number of benzene rings is 1. The number of amides is 3. The molecule has 86 valence electrons. The van der Waals surface area contributed by atoms with Crippen LogP contribution in [0.3, 0.4) is 0 Å². The van der Waals surface area contributed by atoms with Gasteiger partial charge in [0.25, 0.3) is 0 Å². The van der Waals surface area contributed by atoms with Crippen molar-refractivity contribution in [3.05, 3.63) is 30.1 Å². The fraction of sp³-hybridized carbons (Fsp3) is 0.200. The Bertz CT molecular complexity index is 409. The monoisotopic (exact) mass is 225 g/mol. The summed E-state index contributed by atoms with van der Waals surface area (Å²) in [5.74, 6) is -0.982. The van der Waals surface area contributed by atoms with E-state index in [9.17, 15) is 14.0 Å². The van der Waals surface area contributed by atoms with Crippen LogP contribution in [0.25, 0.3) is 0 Å². The molecule has 4 N–H and O–H groups in total. The van der Waals surface area contributed by atoms with E-state index in [4.69, 9.17) is 5.73 Å². The molecule has 0 heterocycles. The van der Waals surface area contributed by atoms with Crippen LogP contribution in [-0.2, 0) is 4.79 Å². The molecule has 1 atom stereocenters. The van der Waals surface area contributed by atoms with Crippen LogP contribution >= 0.6 is 0 Å². The van der Waals surface area contributed by atoms with Crippen LogP contribution in [0, 0.1) is 5.82 Å². The molecule has 0 spiro atoms. The Labute approximate surface area is 91.8 Å². The first kappa shape index (κ1) is 12.0. The molecule has 0 fully saturated rings. The van der Waals surface area contributed by atoms with Crippen LogP contribution in [0.15, 0.2) is 24.3 Å². The zero-order valence-electron chi connectivity index (χ0n) is 8.66. The van der Waals surface area contributed by atoms with Gasteiger partial charge in [-0.05, 0) is 25.1 Å². The van der Waals surface area contributed by atoms with Crippen LogP contribution in [0.4, 0.5) is 14.9 Å². The molecule has 0 saturated heterocycles. The Morgan fingerprint density at radius 3 is 2.69 bits per heavy atom. The second-order valence-electron chi connectivity index (χ2n) is 3.23. The second kappa shape index (κ2) is 5.11. The predicted octanol–water partition coefficient (Wildman–Crippen LogP) is 0.821. The van der Waals surface area contributed by atoms with Gasteiger partial charge in [0.15, 0.2) is 0 Å². The van der Waals surface area contributed by atoms with Crippen molar-refractivity contribution < 1.29 is 14.0 Å². The third kappa shape index (κ3) is 3.56. The lowest BCUT2D eigenvalue weighted by atomic mass is 10.2. The number of primary amides is 1. The van der Waals surface area contributed by atoms with E-state index in [2.05, 4.69) is 5.32 Å². The molecule has 1 aromatic rings. The highest BCUT2D eigenvalue weighted by atomic mass is 19.1. The SMILES string of the molecule is CC(Nc1cccc(F)c1)C(=O)NC(N)=O. The van der Waals surface area contributed by atoms with E-state index in [-0.39, 0.29) is 0 Å². The summed E-state index contributed by atoms with van der Waals surface area (Å²) in [6.45, 7) is 1.53. The summed E-state index contributed by atoms with van der Waals surface area (Å²) < 4.78 is 12.8. The molecule has 0 aliphatic rings. The molecule has 16 heavy (non-hydrogen) atoms. The van der Waals surface area contributed by atoms with E-state index in [1.807, 2.05) is 5.32 Å². The van der Waals surface area contributed by atoms with Gasteiger partial charge in [0, 0.05) is 5.69 Å². The molecule has 0 saturated carbocycles. The van der Waals surface area contributed by atoms with Crippen molar-refractivity contribution in [2.45, 2.75) is 13.0 Å². The van der Waals surface area contributed by atoms with Gasteiger partial charge < -0.3 is 11.1 Å². The Morgan fingerprint density at radius 2 is 2.12 bits per heavy atom. The number of urea groups is 1. The highest BCUT2D eigenvalue weighted by Gasteiger charge is 2.13. The van der Waals surface area contributed by atoms with Crippen molar-refractivity contribution in [1.29, 1.82) is 0 Å². The zero-order valence-corrected chi connectivity index (χ0v) is 8.66. The lowest BCUT2D eigenvalue weighted by Gasteiger charge is -2.13. The molecule has 0 aliphatic heterocycles. The number of hydrogen-bond acceptors (Lipinski definition) is 3. The molecule has 3 amide bonds. The molecule has 1 unspecified atom stereocenters. The highest BCUT2D eigenvalue weighted by molar-refractivity contribution is 5.97. The number of nitrogens with two attached hydrogens (primary N) is 1. The minimum Gasteiger partial charge on any atom is -0.374 e. The Kier molecular flexibility index (Phi) is 3.82. The molecular weight excluding hydrogens is 213 g/mol.